The summed E-state index contributed by atoms with van der Waals surface area (Å²) in [7, 11) is 1.38. The maximum atomic E-state index is 14.6. The fraction of sp³-hybridized carbons (Fsp3) is 0.367. The summed E-state index contributed by atoms with van der Waals surface area (Å²) in [4.78, 5) is 17.2. The highest BCUT2D eigenvalue weighted by Gasteiger charge is 2.57. The minimum atomic E-state index is -5.34. The van der Waals surface area contributed by atoms with E-state index in [0.29, 0.717) is 10.9 Å². The van der Waals surface area contributed by atoms with Gasteiger partial charge in [-0.05, 0) is 49.2 Å². The Morgan fingerprint density at radius 2 is 1.93 bits per heavy atom. The van der Waals surface area contributed by atoms with Crippen molar-refractivity contribution in [3.8, 4) is 28.5 Å². The number of ether oxygens (including phenoxy) is 3. The predicted molar refractivity (Wildman–Crippen MR) is 147 cm³/mol. The Kier molecular flexibility index (Phi) is 7.54. The summed E-state index contributed by atoms with van der Waals surface area (Å²) in [5.41, 5.74) is -4.23. The van der Waals surface area contributed by atoms with Gasteiger partial charge in [-0.1, -0.05) is 6.92 Å². The van der Waals surface area contributed by atoms with Gasteiger partial charge in [0.2, 0.25) is 5.60 Å². The molecule has 6 rings (SSSR count). The minimum Gasteiger partial charge on any atom is -0.494 e. The number of benzene rings is 2. The van der Waals surface area contributed by atoms with Crippen LogP contribution in [0.1, 0.15) is 53.3 Å². The molecule has 2 N–H and O–H groups in total. The van der Waals surface area contributed by atoms with Gasteiger partial charge in [-0.3, -0.25) is 9.48 Å². The van der Waals surface area contributed by atoms with Crippen LogP contribution in [0, 0.1) is 5.82 Å². The normalized spacial score (nSPS) is 17.6. The topological polar surface area (TPSA) is 108 Å². The number of hydrogen-bond acceptors (Lipinski definition) is 7. The minimum absolute atomic E-state index is 0.0228. The van der Waals surface area contributed by atoms with Crippen LogP contribution in [0.15, 0.2) is 42.6 Å². The summed E-state index contributed by atoms with van der Waals surface area (Å²) in [6.07, 6.45) is -1.70. The number of fused-ring (bicyclic) bond motifs is 2. The fourth-order valence-electron chi connectivity index (χ4n) is 5.20. The van der Waals surface area contributed by atoms with Crippen molar-refractivity contribution in [2.45, 2.75) is 50.1 Å². The van der Waals surface area contributed by atoms with Crippen LogP contribution >= 0.6 is 0 Å². The molecule has 2 aromatic carbocycles. The van der Waals surface area contributed by atoms with Crippen molar-refractivity contribution < 1.29 is 50.5 Å². The first-order chi connectivity index (χ1) is 21.3. The SMILES string of the molecule is COc1cc(C(=O)NC[C@@](O)(c2cc3c(c(-c4ccc(OC(F)F)c(F)c4)n2)OC[C@H]3C)C(F)(F)F)cc2cn(C3CC3)nc12. The molecule has 4 aromatic rings. The van der Waals surface area contributed by atoms with Gasteiger partial charge in [0.1, 0.15) is 22.7 Å². The predicted octanol–water partition coefficient (Wildman–Crippen LogP) is 5.86. The van der Waals surface area contributed by atoms with E-state index >= 15 is 0 Å². The van der Waals surface area contributed by atoms with E-state index in [1.165, 1.54) is 19.2 Å². The summed E-state index contributed by atoms with van der Waals surface area (Å²) in [6.45, 7) is -2.90. The van der Waals surface area contributed by atoms with Crippen LogP contribution in [0.3, 0.4) is 0 Å². The van der Waals surface area contributed by atoms with Crippen molar-refractivity contribution in [2.75, 3.05) is 20.3 Å². The van der Waals surface area contributed by atoms with E-state index in [1.807, 2.05) is 0 Å². The zero-order valence-electron chi connectivity index (χ0n) is 23.8. The van der Waals surface area contributed by atoms with Gasteiger partial charge < -0.3 is 24.6 Å². The van der Waals surface area contributed by atoms with Gasteiger partial charge in [-0.2, -0.15) is 27.1 Å². The highest BCUT2D eigenvalue weighted by Crippen LogP contribution is 2.46. The van der Waals surface area contributed by atoms with E-state index in [1.54, 1.807) is 17.8 Å². The maximum Gasteiger partial charge on any atom is 0.424 e. The van der Waals surface area contributed by atoms with Crippen molar-refractivity contribution in [3.05, 3.63) is 65.2 Å². The number of aliphatic hydroxyl groups is 1. The highest BCUT2D eigenvalue weighted by molar-refractivity contribution is 6.00. The van der Waals surface area contributed by atoms with Crippen molar-refractivity contribution in [2.24, 2.45) is 0 Å². The van der Waals surface area contributed by atoms with Crippen LogP contribution in [0.2, 0.25) is 0 Å². The Morgan fingerprint density at radius 3 is 2.58 bits per heavy atom. The monoisotopic (exact) mass is 636 g/mol. The van der Waals surface area contributed by atoms with E-state index < -0.39 is 54.0 Å². The third-order valence-electron chi connectivity index (χ3n) is 7.82. The van der Waals surface area contributed by atoms with Gasteiger partial charge in [0.15, 0.2) is 11.6 Å². The summed E-state index contributed by atoms with van der Waals surface area (Å²) in [5.74, 6) is -3.05. The lowest BCUT2D eigenvalue weighted by Crippen LogP contribution is -2.51. The van der Waals surface area contributed by atoms with Crippen LogP contribution in [0.4, 0.5) is 26.3 Å². The standard InChI is InChI=1S/C30H26F6N4O5/c1-14-12-44-26-19(14)10-23(38-25(26)15-3-6-21(20(31)8-15)45-28(32)33)29(42,30(34,35)36)13-37-27(41)16-7-17-11-40(18-4-5-18)39-24(17)22(9-16)43-2/h3,6-11,14,18,28,42H,4-5,12-13H2,1-2H3,(H,37,41)/t14-,29-/m1/s1. The van der Waals surface area contributed by atoms with Gasteiger partial charge in [0.05, 0.1) is 32.0 Å². The second-order valence-corrected chi connectivity index (χ2v) is 11.0. The Balaban J connectivity index is 1.35. The second kappa shape index (κ2) is 11.1. The number of nitrogens with zero attached hydrogens (tertiary/aromatic N) is 3. The second-order valence-electron chi connectivity index (χ2n) is 11.0. The molecular formula is C30H26F6N4O5. The zero-order chi connectivity index (χ0) is 32.3. The van der Waals surface area contributed by atoms with E-state index in [-0.39, 0.29) is 46.5 Å². The molecule has 2 atom stereocenters. The smallest absolute Gasteiger partial charge is 0.424 e. The molecule has 15 heteroatoms. The van der Waals surface area contributed by atoms with Crippen molar-refractivity contribution >= 4 is 16.8 Å². The first kappa shape index (κ1) is 30.5. The Morgan fingerprint density at radius 1 is 1.18 bits per heavy atom. The number of amides is 1. The number of nitrogens with one attached hydrogen (secondary N) is 1. The van der Waals surface area contributed by atoms with Gasteiger partial charge in [0.25, 0.3) is 5.91 Å². The lowest BCUT2D eigenvalue weighted by atomic mass is 9.92. The number of pyridine rings is 1. The Bertz CT molecular complexity index is 1790. The summed E-state index contributed by atoms with van der Waals surface area (Å²) in [6, 6.07) is 6.84. The van der Waals surface area contributed by atoms with Gasteiger partial charge in [-0.15, -0.1) is 0 Å². The molecule has 0 saturated heterocycles. The van der Waals surface area contributed by atoms with Crippen LogP contribution in [-0.2, 0) is 5.60 Å². The van der Waals surface area contributed by atoms with Crippen molar-refractivity contribution in [1.29, 1.82) is 0 Å². The number of hydrogen-bond donors (Lipinski definition) is 2. The molecule has 3 heterocycles. The molecule has 2 aromatic heterocycles. The van der Waals surface area contributed by atoms with E-state index in [4.69, 9.17) is 9.47 Å². The first-order valence-electron chi connectivity index (χ1n) is 13.9. The molecular weight excluding hydrogens is 610 g/mol. The zero-order valence-corrected chi connectivity index (χ0v) is 23.8. The molecule has 2 aliphatic rings. The third kappa shape index (κ3) is 5.60. The first-order valence-corrected chi connectivity index (χ1v) is 13.9. The highest BCUT2D eigenvalue weighted by atomic mass is 19.4. The van der Waals surface area contributed by atoms with Crippen LogP contribution in [-0.4, -0.2) is 58.8 Å². The van der Waals surface area contributed by atoms with E-state index in [0.717, 1.165) is 37.1 Å². The van der Waals surface area contributed by atoms with Crippen LogP contribution < -0.4 is 19.5 Å². The van der Waals surface area contributed by atoms with Crippen LogP contribution in [0.25, 0.3) is 22.2 Å². The Hall–Kier alpha value is -4.53. The van der Waals surface area contributed by atoms with Gasteiger partial charge in [0, 0.05) is 34.2 Å². The lowest BCUT2D eigenvalue weighted by Gasteiger charge is -2.31. The Labute approximate surface area is 251 Å². The number of aromatic nitrogens is 3. The molecule has 9 nitrogen and oxygen atoms in total. The van der Waals surface area contributed by atoms with E-state index in [2.05, 4.69) is 20.1 Å². The number of rotatable bonds is 9. The molecule has 1 saturated carbocycles. The molecule has 1 amide bonds. The number of carbonyl (C=O) groups excluding carboxylic acids is 1. The summed E-state index contributed by atoms with van der Waals surface area (Å²) >= 11 is 0. The van der Waals surface area contributed by atoms with Gasteiger partial charge >= 0.3 is 12.8 Å². The number of carbonyl (C=O) groups is 1. The molecule has 1 aliphatic carbocycles. The summed E-state index contributed by atoms with van der Waals surface area (Å²) in [5, 5.41) is 18.4. The molecule has 45 heavy (non-hydrogen) atoms. The number of methoxy groups -OCH3 is 1. The molecule has 0 radical (unpaired) electrons. The van der Waals surface area contributed by atoms with E-state index in [9.17, 15) is 36.2 Å². The lowest BCUT2D eigenvalue weighted by molar-refractivity contribution is -0.265. The largest absolute Gasteiger partial charge is 0.494 e. The average molecular weight is 637 g/mol. The maximum absolute atomic E-state index is 14.6. The molecule has 0 unspecified atom stereocenters. The molecule has 0 bridgehead atoms. The molecule has 238 valence electrons. The molecule has 1 fully saturated rings. The van der Waals surface area contributed by atoms with Gasteiger partial charge in [-0.25, -0.2) is 9.37 Å². The van der Waals surface area contributed by atoms with Crippen molar-refractivity contribution in [1.82, 2.24) is 20.1 Å². The molecule has 1 aliphatic heterocycles. The average Bonchev–Trinajstić information content (AvgIpc) is 3.65. The van der Waals surface area contributed by atoms with Crippen LogP contribution in [0.5, 0.6) is 17.2 Å². The van der Waals surface area contributed by atoms with Crippen molar-refractivity contribution in [3.63, 3.8) is 0 Å². The number of alkyl halides is 5. The quantitative estimate of drug-likeness (QED) is 0.222. The summed E-state index contributed by atoms with van der Waals surface area (Å²) < 4.78 is 101. The number of halogens is 6. The molecule has 0 spiro atoms. The fourth-order valence-corrected chi connectivity index (χ4v) is 5.20. The third-order valence-corrected chi connectivity index (χ3v) is 7.82.